The Kier molecular flexibility index (Phi) is 3.76. The van der Waals surface area contributed by atoms with Crippen molar-refractivity contribution in [3.8, 4) is 0 Å². The number of hydrogen-bond donors (Lipinski definition) is 2. The second kappa shape index (κ2) is 5.37. The first kappa shape index (κ1) is 14.7. The molecule has 0 amide bonds. The van der Waals surface area contributed by atoms with E-state index in [2.05, 4.69) is 9.71 Å². The third kappa shape index (κ3) is 3.26. The van der Waals surface area contributed by atoms with Gasteiger partial charge < -0.3 is 5.73 Å². The topological polar surface area (TPSA) is 128 Å². The first-order chi connectivity index (χ1) is 9.79. The second-order valence-electron chi connectivity index (χ2n) is 4.27. The summed E-state index contributed by atoms with van der Waals surface area (Å²) >= 11 is 0. The van der Waals surface area contributed by atoms with Crippen LogP contribution in [0.1, 0.15) is 5.69 Å². The molecule has 8 nitrogen and oxygen atoms in total. The number of sulfonamides is 1. The van der Waals surface area contributed by atoms with Gasteiger partial charge >= 0.3 is 0 Å². The summed E-state index contributed by atoms with van der Waals surface area (Å²) in [6.07, 6.45) is 1.46. The minimum Gasteiger partial charge on any atom is -0.393 e. The highest BCUT2D eigenvalue weighted by atomic mass is 32.2. The molecular formula is C12H12N4O4S. The molecule has 2 aromatic rings. The molecule has 0 aliphatic heterocycles. The van der Waals surface area contributed by atoms with E-state index in [1.165, 1.54) is 24.4 Å². The van der Waals surface area contributed by atoms with E-state index in [1.54, 1.807) is 13.0 Å². The number of rotatable bonds is 4. The number of aromatic nitrogens is 1. The number of nitrogen functional groups attached to an aromatic ring is 1. The molecule has 2 rings (SSSR count). The van der Waals surface area contributed by atoms with Gasteiger partial charge in [0, 0.05) is 18.0 Å². The molecule has 110 valence electrons. The predicted octanol–water partition coefficient (Wildman–Crippen LogP) is 1.68. The van der Waals surface area contributed by atoms with Gasteiger partial charge in [0.2, 0.25) is 0 Å². The molecule has 0 atom stereocenters. The van der Waals surface area contributed by atoms with Gasteiger partial charge in [-0.25, -0.2) is 8.42 Å². The van der Waals surface area contributed by atoms with Crippen molar-refractivity contribution in [2.45, 2.75) is 11.8 Å². The number of nitrogens with two attached hydrogens (primary N) is 1. The summed E-state index contributed by atoms with van der Waals surface area (Å²) in [4.78, 5) is 13.8. The van der Waals surface area contributed by atoms with Crippen molar-refractivity contribution < 1.29 is 13.3 Å². The third-order valence-corrected chi connectivity index (χ3v) is 4.04. The second-order valence-corrected chi connectivity index (χ2v) is 5.95. The van der Waals surface area contributed by atoms with Crippen LogP contribution >= 0.6 is 0 Å². The molecule has 0 aliphatic carbocycles. The fourth-order valence-electron chi connectivity index (χ4n) is 1.67. The number of hydrogen-bond acceptors (Lipinski definition) is 6. The molecule has 0 bridgehead atoms. The SMILES string of the molecule is Cc1cc(NS(=O)(=O)c2ccc(N)c([N+](=O)[O-])c2)ccn1. The molecule has 3 N–H and O–H groups in total. The summed E-state index contributed by atoms with van der Waals surface area (Å²) in [6.45, 7) is 1.71. The summed E-state index contributed by atoms with van der Waals surface area (Å²) in [6, 6.07) is 6.34. The molecule has 21 heavy (non-hydrogen) atoms. The maximum absolute atomic E-state index is 12.2. The summed E-state index contributed by atoms with van der Waals surface area (Å²) in [5.41, 5.74) is 5.85. The molecule has 0 saturated carbocycles. The van der Waals surface area contributed by atoms with Crippen molar-refractivity contribution in [3.63, 3.8) is 0 Å². The molecule has 0 radical (unpaired) electrons. The Morgan fingerprint density at radius 2 is 2.00 bits per heavy atom. The van der Waals surface area contributed by atoms with Crippen LogP contribution in [-0.4, -0.2) is 18.3 Å². The smallest absolute Gasteiger partial charge is 0.293 e. The molecule has 1 heterocycles. The largest absolute Gasteiger partial charge is 0.393 e. The quantitative estimate of drug-likeness (QED) is 0.502. The summed E-state index contributed by atoms with van der Waals surface area (Å²) in [5, 5.41) is 10.8. The number of nitro benzene ring substituents is 1. The Labute approximate surface area is 120 Å². The van der Waals surface area contributed by atoms with Crippen molar-refractivity contribution in [2.75, 3.05) is 10.5 Å². The maximum atomic E-state index is 12.2. The van der Waals surface area contributed by atoms with Gasteiger partial charge in [-0.2, -0.15) is 0 Å². The zero-order valence-corrected chi connectivity index (χ0v) is 11.8. The first-order valence-electron chi connectivity index (χ1n) is 5.79. The van der Waals surface area contributed by atoms with E-state index >= 15 is 0 Å². The van der Waals surface area contributed by atoms with Gasteiger partial charge in [-0.15, -0.1) is 0 Å². The summed E-state index contributed by atoms with van der Waals surface area (Å²) in [5.74, 6) is 0. The van der Waals surface area contributed by atoms with E-state index in [4.69, 9.17) is 5.73 Å². The van der Waals surface area contributed by atoms with Crippen LogP contribution in [0.15, 0.2) is 41.4 Å². The van der Waals surface area contributed by atoms with Crippen LogP contribution < -0.4 is 10.5 Å². The van der Waals surface area contributed by atoms with E-state index in [-0.39, 0.29) is 10.6 Å². The standard InChI is InChI=1S/C12H12N4O4S/c1-8-6-9(4-5-14-8)15-21(19,20)10-2-3-11(13)12(7-10)16(17)18/h2-7H,13H2,1H3,(H,14,15). The highest BCUT2D eigenvalue weighted by Gasteiger charge is 2.20. The minimum absolute atomic E-state index is 0.0984. The fraction of sp³-hybridized carbons (Fsp3) is 0.0833. The number of anilines is 2. The van der Waals surface area contributed by atoms with Crippen LogP contribution in [0.3, 0.4) is 0 Å². The molecule has 0 fully saturated rings. The summed E-state index contributed by atoms with van der Waals surface area (Å²) in [7, 11) is -3.94. The van der Waals surface area contributed by atoms with Crippen LogP contribution in [0.25, 0.3) is 0 Å². The van der Waals surface area contributed by atoms with Gasteiger partial charge in [0.25, 0.3) is 15.7 Å². The van der Waals surface area contributed by atoms with E-state index in [1.807, 2.05) is 0 Å². The van der Waals surface area contributed by atoms with E-state index in [0.29, 0.717) is 11.4 Å². The van der Waals surface area contributed by atoms with E-state index < -0.39 is 20.6 Å². The van der Waals surface area contributed by atoms with Gasteiger partial charge in [0.1, 0.15) is 5.69 Å². The number of aryl methyl sites for hydroxylation is 1. The average Bonchev–Trinajstić information content (AvgIpc) is 2.38. The van der Waals surface area contributed by atoms with Gasteiger partial charge in [0.05, 0.1) is 15.5 Å². The van der Waals surface area contributed by atoms with Crippen molar-refractivity contribution >= 4 is 27.1 Å². The minimum atomic E-state index is -3.94. The molecule has 0 unspecified atom stereocenters. The lowest BCUT2D eigenvalue weighted by molar-refractivity contribution is -0.384. The monoisotopic (exact) mass is 308 g/mol. The van der Waals surface area contributed by atoms with Crippen molar-refractivity contribution in [1.29, 1.82) is 0 Å². The van der Waals surface area contributed by atoms with Crippen molar-refractivity contribution in [3.05, 3.63) is 52.3 Å². The molecule has 0 saturated heterocycles. The van der Waals surface area contributed by atoms with Crippen LogP contribution in [0.2, 0.25) is 0 Å². The third-order valence-electron chi connectivity index (χ3n) is 2.66. The van der Waals surface area contributed by atoms with E-state index in [0.717, 1.165) is 6.07 Å². The van der Waals surface area contributed by atoms with Crippen LogP contribution in [0.5, 0.6) is 0 Å². The number of benzene rings is 1. The molecule has 9 heteroatoms. The number of nitrogens with zero attached hydrogens (tertiary/aromatic N) is 2. The van der Waals surface area contributed by atoms with E-state index in [9.17, 15) is 18.5 Å². The maximum Gasteiger partial charge on any atom is 0.293 e. The molecule has 0 aliphatic rings. The lowest BCUT2D eigenvalue weighted by atomic mass is 10.3. The van der Waals surface area contributed by atoms with Crippen LogP contribution in [-0.2, 0) is 10.0 Å². The molecule has 1 aromatic carbocycles. The Hall–Kier alpha value is -2.68. The Bertz CT molecular complexity index is 805. The number of nitro groups is 1. The lowest BCUT2D eigenvalue weighted by Gasteiger charge is -2.08. The number of pyridine rings is 1. The molecule has 0 spiro atoms. The van der Waals surface area contributed by atoms with Crippen LogP contribution in [0, 0.1) is 17.0 Å². The Balaban J connectivity index is 2.40. The highest BCUT2D eigenvalue weighted by molar-refractivity contribution is 7.92. The highest BCUT2D eigenvalue weighted by Crippen LogP contribution is 2.26. The fourth-order valence-corrected chi connectivity index (χ4v) is 2.74. The average molecular weight is 308 g/mol. The van der Waals surface area contributed by atoms with Crippen molar-refractivity contribution in [1.82, 2.24) is 4.98 Å². The molecular weight excluding hydrogens is 296 g/mol. The Morgan fingerprint density at radius 1 is 1.29 bits per heavy atom. The van der Waals surface area contributed by atoms with Crippen molar-refractivity contribution in [2.24, 2.45) is 0 Å². The van der Waals surface area contributed by atoms with Gasteiger partial charge in [-0.3, -0.25) is 19.8 Å². The van der Waals surface area contributed by atoms with Gasteiger partial charge in [-0.05, 0) is 31.2 Å². The normalized spacial score (nSPS) is 11.1. The zero-order chi connectivity index (χ0) is 15.6. The predicted molar refractivity (Wildman–Crippen MR) is 77.3 cm³/mol. The summed E-state index contributed by atoms with van der Waals surface area (Å²) < 4.78 is 26.7. The molecule has 1 aromatic heterocycles. The Morgan fingerprint density at radius 3 is 2.62 bits per heavy atom. The zero-order valence-electron chi connectivity index (χ0n) is 11.0. The van der Waals surface area contributed by atoms with Gasteiger partial charge in [-0.1, -0.05) is 0 Å². The first-order valence-corrected chi connectivity index (χ1v) is 7.27. The van der Waals surface area contributed by atoms with Crippen LogP contribution in [0.4, 0.5) is 17.1 Å². The number of nitrogens with one attached hydrogen (secondary N) is 1. The van der Waals surface area contributed by atoms with Gasteiger partial charge in [0.15, 0.2) is 0 Å². The lowest BCUT2D eigenvalue weighted by Crippen LogP contribution is -2.13.